The maximum absolute atomic E-state index is 17.0. The quantitative estimate of drug-likeness (QED) is 0.656. The number of halogens is 1. The van der Waals surface area contributed by atoms with Crippen LogP contribution in [0.3, 0.4) is 0 Å². The van der Waals surface area contributed by atoms with Gasteiger partial charge in [-0.25, -0.2) is 4.39 Å². The molecule has 0 unspecified atom stereocenters. The molecule has 4 bridgehead atoms. The third kappa shape index (κ3) is 2.97. The van der Waals surface area contributed by atoms with Crippen molar-refractivity contribution >= 4 is 7.12 Å². The van der Waals surface area contributed by atoms with Gasteiger partial charge < -0.3 is 9.31 Å². The van der Waals surface area contributed by atoms with Crippen molar-refractivity contribution in [1.82, 2.24) is 9.80 Å². The molecule has 0 atom stereocenters. The molecule has 5 saturated heterocycles. The Morgan fingerprint density at radius 2 is 1.12 bits per heavy atom. The number of hydrogen-bond donors (Lipinski definition) is 0. The third-order valence-electron chi connectivity index (χ3n) is 8.68. The molecule has 0 N–H and O–H groups in total. The summed E-state index contributed by atoms with van der Waals surface area (Å²) >= 11 is 0. The zero-order valence-electron chi connectivity index (χ0n) is 20.0. The molecular weight excluding hydrogens is 414 g/mol. The molecule has 0 saturated carbocycles. The molecule has 6 heteroatoms. The third-order valence-corrected chi connectivity index (χ3v) is 8.68. The van der Waals surface area contributed by atoms with Crippen molar-refractivity contribution in [1.29, 1.82) is 0 Å². The van der Waals surface area contributed by atoms with Crippen molar-refractivity contribution in [2.24, 2.45) is 0 Å². The molecule has 2 aromatic carbocycles. The van der Waals surface area contributed by atoms with E-state index in [0.29, 0.717) is 0 Å². The summed E-state index contributed by atoms with van der Waals surface area (Å²) in [6, 6.07) is 21.0. The van der Waals surface area contributed by atoms with Crippen molar-refractivity contribution in [3.05, 3.63) is 83.1 Å². The Morgan fingerprint density at radius 3 is 1.52 bits per heavy atom. The molecule has 0 spiro atoms. The van der Waals surface area contributed by atoms with Crippen LogP contribution in [0, 0.1) is 0 Å². The van der Waals surface area contributed by atoms with Crippen molar-refractivity contribution in [3.8, 4) is 0 Å². The van der Waals surface area contributed by atoms with E-state index in [0.717, 1.165) is 38.4 Å². The van der Waals surface area contributed by atoms with Gasteiger partial charge in [0, 0.05) is 37.0 Å². The summed E-state index contributed by atoms with van der Waals surface area (Å²) in [5.74, 6) is 0. The van der Waals surface area contributed by atoms with Gasteiger partial charge in [0.25, 0.3) is 0 Å². The highest BCUT2D eigenvalue weighted by Crippen LogP contribution is 2.57. The van der Waals surface area contributed by atoms with Gasteiger partial charge in [-0.05, 0) is 44.4 Å². The Hall–Kier alpha value is -1.99. The second-order valence-electron chi connectivity index (χ2n) is 11.3. The predicted molar refractivity (Wildman–Crippen MR) is 128 cm³/mol. The largest absolute Gasteiger partial charge is 0.525 e. The number of nitrogens with zero attached hydrogens (tertiary/aromatic N) is 2. The SMILES string of the molecule is CC1(C)OB(C(F)=C2C3(c4ccccc4)CN4CN(C3)CC2(c2ccccc2)C4)OC1(C)C. The fourth-order valence-corrected chi connectivity index (χ4v) is 6.69. The lowest BCUT2D eigenvalue weighted by Crippen LogP contribution is -2.75. The Balaban J connectivity index is 1.60. The van der Waals surface area contributed by atoms with Crippen LogP contribution >= 0.6 is 0 Å². The van der Waals surface area contributed by atoms with E-state index < -0.39 is 29.2 Å². The molecule has 2 aromatic rings. The molecule has 5 aliphatic rings. The first-order valence-electron chi connectivity index (χ1n) is 12.0. The van der Waals surface area contributed by atoms with Crippen molar-refractivity contribution in [2.75, 3.05) is 32.8 Å². The van der Waals surface area contributed by atoms with Crippen LogP contribution in [-0.2, 0) is 20.1 Å². The van der Waals surface area contributed by atoms with E-state index >= 15 is 4.39 Å². The fraction of sp³-hybridized carbons (Fsp3) is 0.481. The molecular formula is C27H32BFN2O2. The highest BCUT2D eigenvalue weighted by atomic mass is 19.1. The molecule has 5 aliphatic heterocycles. The van der Waals surface area contributed by atoms with Gasteiger partial charge in [0.05, 0.1) is 17.9 Å². The second-order valence-corrected chi connectivity index (χ2v) is 11.3. The van der Waals surface area contributed by atoms with Gasteiger partial charge in [-0.15, -0.1) is 0 Å². The van der Waals surface area contributed by atoms with Gasteiger partial charge in [-0.1, -0.05) is 60.7 Å². The lowest BCUT2D eigenvalue weighted by Gasteiger charge is -2.66. The van der Waals surface area contributed by atoms with Gasteiger partial charge in [-0.2, -0.15) is 0 Å². The Labute approximate surface area is 196 Å². The Bertz CT molecular complexity index is 1010. The van der Waals surface area contributed by atoms with Crippen molar-refractivity contribution in [3.63, 3.8) is 0 Å². The van der Waals surface area contributed by atoms with E-state index in [-0.39, 0.29) is 5.73 Å². The molecule has 5 heterocycles. The molecule has 0 aromatic heterocycles. The topological polar surface area (TPSA) is 24.9 Å². The highest BCUT2D eigenvalue weighted by molar-refractivity contribution is 6.54. The normalized spacial score (nSPS) is 35.8. The van der Waals surface area contributed by atoms with Gasteiger partial charge in [0.1, 0.15) is 5.73 Å². The standard InChI is InChI=1S/C27H32BFN2O2/c1-24(2)25(3,4)33-28(32-24)23(29)22-26(20-11-7-5-8-12-20)15-30-17-27(22,18-31(16-26)19-30)21-13-9-6-10-14-21/h5-14H,15-19H2,1-4H3. The number of hydrogen-bond acceptors (Lipinski definition) is 4. The van der Waals surface area contributed by atoms with E-state index in [1.165, 1.54) is 11.1 Å². The average Bonchev–Trinajstić information content (AvgIpc) is 3.01. The van der Waals surface area contributed by atoms with Crippen LogP contribution in [0.15, 0.2) is 72.0 Å². The minimum absolute atomic E-state index is 0.234. The van der Waals surface area contributed by atoms with Crippen molar-refractivity contribution in [2.45, 2.75) is 49.7 Å². The first kappa shape index (κ1) is 21.5. The molecule has 7 rings (SSSR count). The summed E-state index contributed by atoms with van der Waals surface area (Å²) in [7, 11) is -0.992. The lowest BCUT2D eigenvalue weighted by molar-refractivity contribution is -0.0668. The van der Waals surface area contributed by atoms with Crippen LogP contribution in [0.4, 0.5) is 4.39 Å². The molecule has 33 heavy (non-hydrogen) atoms. The summed E-state index contributed by atoms with van der Waals surface area (Å²) in [4.78, 5) is 4.99. The van der Waals surface area contributed by atoms with Gasteiger partial charge in [-0.3, -0.25) is 9.80 Å². The lowest BCUT2D eigenvalue weighted by atomic mass is 9.52. The summed E-state index contributed by atoms with van der Waals surface area (Å²) in [5, 5.41) is 0. The van der Waals surface area contributed by atoms with Gasteiger partial charge >= 0.3 is 7.12 Å². The van der Waals surface area contributed by atoms with Crippen molar-refractivity contribution < 1.29 is 13.7 Å². The van der Waals surface area contributed by atoms with E-state index in [1.807, 2.05) is 39.8 Å². The summed E-state index contributed by atoms with van der Waals surface area (Å²) in [6.45, 7) is 12.1. The molecule has 4 nitrogen and oxygen atoms in total. The van der Waals surface area contributed by atoms with Crippen LogP contribution in [0.25, 0.3) is 0 Å². The molecule has 0 aliphatic carbocycles. The second kappa shape index (κ2) is 7.02. The van der Waals surface area contributed by atoms with Crippen LogP contribution in [0.1, 0.15) is 38.8 Å². The minimum atomic E-state index is -0.992. The fourth-order valence-electron chi connectivity index (χ4n) is 6.69. The maximum atomic E-state index is 17.0. The van der Waals surface area contributed by atoms with Gasteiger partial charge in [0.2, 0.25) is 0 Å². The number of piperidine rings is 2. The zero-order chi connectivity index (χ0) is 23.1. The molecule has 5 fully saturated rings. The average molecular weight is 446 g/mol. The van der Waals surface area contributed by atoms with Crippen LogP contribution in [0.2, 0.25) is 0 Å². The molecule has 0 amide bonds. The van der Waals surface area contributed by atoms with Crippen LogP contribution in [-0.4, -0.2) is 61.0 Å². The first-order chi connectivity index (χ1) is 15.7. The van der Waals surface area contributed by atoms with E-state index in [1.54, 1.807) is 0 Å². The monoisotopic (exact) mass is 446 g/mol. The first-order valence-corrected chi connectivity index (χ1v) is 12.0. The maximum Gasteiger partial charge on any atom is 0.525 e. The predicted octanol–water partition coefficient (Wildman–Crippen LogP) is 4.32. The van der Waals surface area contributed by atoms with Crippen LogP contribution in [0.5, 0.6) is 0 Å². The van der Waals surface area contributed by atoms with Crippen LogP contribution < -0.4 is 0 Å². The summed E-state index contributed by atoms with van der Waals surface area (Å²) in [6.07, 6.45) is 0. The van der Waals surface area contributed by atoms with E-state index in [9.17, 15) is 0 Å². The Kier molecular flexibility index (Phi) is 4.58. The van der Waals surface area contributed by atoms with E-state index in [2.05, 4.69) is 58.3 Å². The summed E-state index contributed by atoms with van der Waals surface area (Å²) in [5.41, 5.74) is 0.893. The molecule has 172 valence electrons. The summed E-state index contributed by atoms with van der Waals surface area (Å²) < 4.78 is 29.5. The van der Waals surface area contributed by atoms with E-state index in [4.69, 9.17) is 9.31 Å². The minimum Gasteiger partial charge on any atom is -0.398 e. The Morgan fingerprint density at radius 1 is 0.727 bits per heavy atom. The smallest absolute Gasteiger partial charge is 0.398 e. The number of rotatable bonds is 3. The molecule has 0 radical (unpaired) electrons. The van der Waals surface area contributed by atoms with Gasteiger partial charge in [0.15, 0.2) is 0 Å². The highest BCUT2D eigenvalue weighted by Gasteiger charge is 2.64. The zero-order valence-corrected chi connectivity index (χ0v) is 20.0. The number of benzene rings is 2.